The quantitative estimate of drug-likeness (QED) is 0.654. The standard InChI is InChI=1S/C26H26N2O2/c1-4-30-17-9-7-16(8-10-17)23-24-18-6-5-13-27-19(18)11-12-20(24)28-21-14-26(2,3)15-22(29)25(21)23/h5-13,23,28H,4,14-15H2,1-3H3/p+1. The molecule has 0 spiro atoms. The smallest absolute Gasteiger partial charge is 0.211 e. The molecule has 1 aliphatic carbocycles. The minimum atomic E-state index is -0.0879. The van der Waals surface area contributed by atoms with Gasteiger partial charge in [-0.3, -0.25) is 4.79 Å². The summed E-state index contributed by atoms with van der Waals surface area (Å²) < 4.78 is 5.65. The third-order valence-corrected chi connectivity index (χ3v) is 6.19. The summed E-state index contributed by atoms with van der Waals surface area (Å²) in [6.07, 6.45) is 3.39. The Balaban J connectivity index is 1.75. The van der Waals surface area contributed by atoms with Gasteiger partial charge in [-0.25, -0.2) is 4.98 Å². The second kappa shape index (κ2) is 6.98. The van der Waals surface area contributed by atoms with Crippen molar-refractivity contribution >= 4 is 22.4 Å². The summed E-state index contributed by atoms with van der Waals surface area (Å²) in [5, 5.41) is 4.77. The number of aromatic nitrogens is 1. The van der Waals surface area contributed by atoms with Gasteiger partial charge >= 0.3 is 0 Å². The molecule has 2 aliphatic rings. The van der Waals surface area contributed by atoms with Crippen LogP contribution in [0, 0.1) is 5.41 Å². The minimum Gasteiger partial charge on any atom is -0.494 e. The number of Topliss-reactive ketones (excluding diaryl/α,β-unsaturated/α-hetero) is 1. The van der Waals surface area contributed by atoms with Crippen LogP contribution in [0.1, 0.15) is 50.7 Å². The Morgan fingerprint density at radius 2 is 1.90 bits per heavy atom. The maximum atomic E-state index is 13.4. The fraction of sp³-hybridized carbons (Fsp3) is 0.308. The molecule has 1 aromatic heterocycles. The summed E-state index contributed by atoms with van der Waals surface area (Å²) in [6, 6.07) is 16.6. The molecular formula is C26H27N2O2+. The number of aromatic amines is 1. The number of pyridine rings is 1. The number of ketones is 1. The lowest BCUT2D eigenvalue weighted by Crippen LogP contribution is -2.34. The monoisotopic (exact) mass is 399 g/mol. The minimum absolute atomic E-state index is 0.0333. The van der Waals surface area contributed by atoms with Crippen LogP contribution in [0.15, 0.2) is 66.0 Å². The van der Waals surface area contributed by atoms with E-state index in [4.69, 9.17) is 4.74 Å². The summed E-state index contributed by atoms with van der Waals surface area (Å²) in [7, 11) is 0. The Bertz CT molecular complexity index is 1180. The SMILES string of the molecule is CCOc1ccc(C2C3=C(CC(C)(C)CC3=O)Nc3ccc4[nH+]cccc4c32)cc1. The molecule has 0 bridgehead atoms. The van der Waals surface area contributed by atoms with Gasteiger partial charge in [0, 0.05) is 47.0 Å². The number of H-pyrrole nitrogens is 1. The van der Waals surface area contributed by atoms with Crippen LogP contribution in [-0.2, 0) is 4.79 Å². The van der Waals surface area contributed by atoms with Crippen LogP contribution in [0.5, 0.6) is 5.75 Å². The highest BCUT2D eigenvalue weighted by molar-refractivity contribution is 6.03. The summed E-state index contributed by atoms with van der Waals surface area (Å²) in [5.74, 6) is 1.01. The van der Waals surface area contributed by atoms with Crippen molar-refractivity contribution in [3.05, 3.63) is 77.1 Å². The van der Waals surface area contributed by atoms with Gasteiger partial charge < -0.3 is 10.1 Å². The van der Waals surface area contributed by atoms with Crippen LogP contribution in [0.4, 0.5) is 5.69 Å². The highest BCUT2D eigenvalue weighted by Gasteiger charge is 2.41. The molecule has 3 aromatic rings. The predicted molar refractivity (Wildman–Crippen MR) is 119 cm³/mol. The van der Waals surface area contributed by atoms with Crippen molar-refractivity contribution in [3.63, 3.8) is 0 Å². The van der Waals surface area contributed by atoms with E-state index in [0.29, 0.717) is 13.0 Å². The molecule has 1 atom stereocenters. The average Bonchev–Trinajstić information content (AvgIpc) is 2.72. The molecule has 4 nitrogen and oxygen atoms in total. The first kappa shape index (κ1) is 18.9. The second-order valence-corrected chi connectivity index (χ2v) is 9.05. The topological polar surface area (TPSA) is 52.5 Å². The van der Waals surface area contributed by atoms with E-state index in [0.717, 1.165) is 45.6 Å². The molecule has 0 radical (unpaired) electrons. The number of hydrogen-bond donors (Lipinski definition) is 1. The van der Waals surface area contributed by atoms with Crippen molar-refractivity contribution in [2.24, 2.45) is 5.41 Å². The molecule has 1 aliphatic heterocycles. The summed E-state index contributed by atoms with van der Waals surface area (Å²) >= 11 is 0. The maximum Gasteiger partial charge on any atom is 0.211 e. The molecule has 30 heavy (non-hydrogen) atoms. The summed E-state index contributed by atoms with van der Waals surface area (Å²) in [5.41, 5.74) is 6.41. The third-order valence-electron chi connectivity index (χ3n) is 6.19. The number of ether oxygens (including phenoxy) is 1. The van der Waals surface area contributed by atoms with Crippen molar-refractivity contribution in [1.29, 1.82) is 0 Å². The maximum absolute atomic E-state index is 13.4. The van der Waals surface area contributed by atoms with Gasteiger partial charge in [-0.15, -0.1) is 0 Å². The van der Waals surface area contributed by atoms with E-state index in [1.807, 2.05) is 31.3 Å². The zero-order chi connectivity index (χ0) is 20.9. The first-order valence-corrected chi connectivity index (χ1v) is 10.7. The lowest BCUT2D eigenvalue weighted by molar-refractivity contribution is -0.344. The number of nitrogens with one attached hydrogen (secondary N) is 2. The summed E-state index contributed by atoms with van der Waals surface area (Å²) in [4.78, 5) is 16.8. The molecule has 0 saturated heterocycles. The molecule has 1 unspecified atom stereocenters. The van der Waals surface area contributed by atoms with E-state index < -0.39 is 0 Å². The van der Waals surface area contributed by atoms with E-state index in [-0.39, 0.29) is 17.1 Å². The molecule has 0 fully saturated rings. The molecule has 0 amide bonds. The van der Waals surface area contributed by atoms with Crippen LogP contribution in [0.3, 0.4) is 0 Å². The Morgan fingerprint density at radius 1 is 1.10 bits per heavy atom. The van der Waals surface area contributed by atoms with Gasteiger partial charge in [0.1, 0.15) is 5.75 Å². The highest BCUT2D eigenvalue weighted by atomic mass is 16.5. The molecule has 2 heterocycles. The van der Waals surface area contributed by atoms with Gasteiger partial charge in [-0.1, -0.05) is 26.0 Å². The van der Waals surface area contributed by atoms with Crippen LogP contribution in [0.2, 0.25) is 0 Å². The van der Waals surface area contributed by atoms with E-state index in [9.17, 15) is 4.79 Å². The largest absolute Gasteiger partial charge is 0.494 e. The lowest BCUT2D eigenvalue weighted by atomic mass is 9.68. The van der Waals surface area contributed by atoms with Crippen molar-refractivity contribution in [1.82, 2.24) is 0 Å². The molecule has 4 heteroatoms. The molecule has 2 aromatic carbocycles. The van der Waals surface area contributed by atoms with Crippen LogP contribution >= 0.6 is 0 Å². The van der Waals surface area contributed by atoms with E-state index in [1.54, 1.807) is 0 Å². The Labute approximate surface area is 177 Å². The zero-order valence-corrected chi connectivity index (χ0v) is 17.7. The third kappa shape index (κ3) is 3.07. The zero-order valence-electron chi connectivity index (χ0n) is 17.7. The Hall–Kier alpha value is -3.14. The van der Waals surface area contributed by atoms with E-state index in [2.05, 4.69) is 54.5 Å². The van der Waals surface area contributed by atoms with E-state index >= 15 is 0 Å². The predicted octanol–water partition coefficient (Wildman–Crippen LogP) is 5.25. The van der Waals surface area contributed by atoms with Gasteiger partial charge in [-0.2, -0.15) is 0 Å². The number of hydrogen-bond acceptors (Lipinski definition) is 3. The molecular weight excluding hydrogens is 372 g/mol. The normalized spacial score (nSPS) is 19.8. The van der Waals surface area contributed by atoms with Gasteiger partial charge in [0.05, 0.1) is 12.0 Å². The average molecular weight is 400 g/mol. The second-order valence-electron chi connectivity index (χ2n) is 9.05. The number of benzene rings is 2. The van der Waals surface area contributed by atoms with Crippen LogP contribution in [0.25, 0.3) is 10.9 Å². The lowest BCUT2D eigenvalue weighted by Gasteiger charge is -2.39. The Kier molecular flexibility index (Phi) is 4.39. The number of fused-ring (bicyclic) bond motifs is 3. The number of carbonyl (C=O) groups excluding carboxylic acids is 1. The van der Waals surface area contributed by atoms with Crippen molar-refractivity contribution in [2.75, 3.05) is 11.9 Å². The van der Waals surface area contributed by atoms with Gasteiger partial charge in [0.25, 0.3) is 0 Å². The van der Waals surface area contributed by atoms with Gasteiger partial charge in [0.15, 0.2) is 12.0 Å². The Morgan fingerprint density at radius 3 is 2.67 bits per heavy atom. The number of rotatable bonds is 3. The van der Waals surface area contributed by atoms with Gasteiger partial charge in [-0.05, 0) is 48.6 Å². The first-order chi connectivity index (χ1) is 14.5. The summed E-state index contributed by atoms with van der Waals surface area (Å²) in [6.45, 7) is 6.97. The fourth-order valence-corrected chi connectivity index (χ4v) is 4.99. The highest BCUT2D eigenvalue weighted by Crippen LogP contribution is 2.50. The number of allylic oxidation sites excluding steroid dienone is 2. The number of carbonyl (C=O) groups is 1. The number of anilines is 1. The molecule has 2 N–H and O–H groups in total. The van der Waals surface area contributed by atoms with Crippen molar-refractivity contribution in [3.8, 4) is 5.75 Å². The van der Waals surface area contributed by atoms with Gasteiger partial charge in [0.2, 0.25) is 5.52 Å². The fourth-order valence-electron chi connectivity index (χ4n) is 4.99. The van der Waals surface area contributed by atoms with Crippen LogP contribution in [-0.4, -0.2) is 12.4 Å². The van der Waals surface area contributed by atoms with Crippen molar-refractivity contribution in [2.45, 2.75) is 39.5 Å². The molecule has 152 valence electrons. The van der Waals surface area contributed by atoms with Crippen LogP contribution < -0.4 is 15.0 Å². The first-order valence-electron chi connectivity index (χ1n) is 10.7. The molecule has 5 rings (SSSR count). The van der Waals surface area contributed by atoms with E-state index in [1.165, 1.54) is 5.56 Å². The molecule has 0 saturated carbocycles. The van der Waals surface area contributed by atoms with Crippen molar-refractivity contribution < 1.29 is 14.5 Å².